The molecule has 0 unspecified atom stereocenters. The SMILES string of the molecule is CC(C)(C)[C@@H](O)CN1CCN(C(=O)c2cnn(C(C)(C)C)c2)CC1. The molecule has 1 atom stereocenters. The zero-order chi connectivity index (χ0) is 18.1. The van der Waals surface area contributed by atoms with Crippen LogP contribution < -0.4 is 0 Å². The Morgan fingerprint density at radius 2 is 1.75 bits per heavy atom. The van der Waals surface area contributed by atoms with Crippen LogP contribution in [-0.2, 0) is 5.54 Å². The molecule has 0 radical (unpaired) electrons. The molecule has 0 saturated carbocycles. The lowest BCUT2D eigenvalue weighted by atomic mass is 9.89. The van der Waals surface area contributed by atoms with Crippen LogP contribution in [-0.4, -0.2) is 69.4 Å². The maximum absolute atomic E-state index is 12.6. The fourth-order valence-corrected chi connectivity index (χ4v) is 2.63. The van der Waals surface area contributed by atoms with E-state index in [1.54, 1.807) is 6.20 Å². The summed E-state index contributed by atoms with van der Waals surface area (Å²) >= 11 is 0. The molecule has 136 valence electrons. The molecular formula is C18H32N4O2. The number of nitrogens with zero attached hydrogens (tertiary/aromatic N) is 4. The van der Waals surface area contributed by atoms with E-state index in [9.17, 15) is 9.90 Å². The van der Waals surface area contributed by atoms with Gasteiger partial charge in [0.1, 0.15) is 0 Å². The van der Waals surface area contributed by atoms with E-state index in [0.29, 0.717) is 25.2 Å². The summed E-state index contributed by atoms with van der Waals surface area (Å²) in [5.74, 6) is 0.0431. The number of rotatable bonds is 3. The van der Waals surface area contributed by atoms with Gasteiger partial charge in [-0.15, -0.1) is 0 Å². The van der Waals surface area contributed by atoms with Crippen LogP contribution in [0.5, 0.6) is 0 Å². The summed E-state index contributed by atoms with van der Waals surface area (Å²) in [6, 6.07) is 0. The average molecular weight is 336 g/mol. The van der Waals surface area contributed by atoms with E-state index in [4.69, 9.17) is 0 Å². The second kappa shape index (κ2) is 6.84. The number of aliphatic hydroxyl groups is 1. The van der Waals surface area contributed by atoms with Crippen molar-refractivity contribution in [2.45, 2.75) is 53.2 Å². The first kappa shape index (κ1) is 18.9. The Bertz CT molecular complexity index is 560. The molecule has 2 heterocycles. The van der Waals surface area contributed by atoms with Gasteiger partial charge in [0.2, 0.25) is 0 Å². The molecule has 1 aromatic rings. The lowest BCUT2D eigenvalue weighted by Crippen LogP contribution is -2.51. The smallest absolute Gasteiger partial charge is 0.257 e. The number of hydrogen-bond donors (Lipinski definition) is 1. The Kier molecular flexibility index (Phi) is 5.40. The van der Waals surface area contributed by atoms with Gasteiger partial charge in [-0.2, -0.15) is 5.10 Å². The fraction of sp³-hybridized carbons (Fsp3) is 0.778. The molecule has 0 aromatic carbocycles. The minimum Gasteiger partial charge on any atom is -0.391 e. The maximum Gasteiger partial charge on any atom is 0.257 e. The molecule has 0 bridgehead atoms. The van der Waals surface area contributed by atoms with E-state index in [-0.39, 0.29) is 23.0 Å². The summed E-state index contributed by atoms with van der Waals surface area (Å²) in [6.45, 7) is 16.0. The quantitative estimate of drug-likeness (QED) is 0.914. The van der Waals surface area contributed by atoms with E-state index >= 15 is 0 Å². The van der Waals surface area contributed by atoms with Crippen molar-refractivity contribution in [3.63, 3.8) is 0 Å². The van der Waals surface area contributed by atoms with Gasteiger partial charge in [-0.3, -0.25) is 14.4 Å². The van der Waals surface area contributed by atoms with Crippen molar-refractivity contribution in [2.75, 3.05) is 32.7 Å². The van der Waals surface area contributed by atoms with E-state index in [2.05, 4.69) is 30.8 Å². The molecule has 1 N–H and O–H groups in total. The van der Waals surface area contributed by atoms with Crippen LogP contribution in [0.15, 0.2) is 12.4 Å². The predicted octanol–water partition coefficient (Wildman–Crippen LogP) is 1.80. The molecule has 0 spiro atoms. The van der Waals surface area contributed by atoms with Crippen LogP contribution in [0, 0.1) is 5.41 Å². The van der Waals surface area contributed by atoms with Crippen molar-refractivity contribution in [1.82, 2.24) is 19.6 Å². The number of hydrogen-bond acceptors (Lipinski definition) is 4. The van der Waals surface area contributed by atoms with Crippen molar-refractivity contribution in [3.8, 4) is 0 Å². The van der Waals surface area contributed by atoms with Crippen LogP contribution in [0.4, 0.5) is 0 Å². The Balaban J connectivity index is 1.90. The van der Waals surface area contributed by atoms with Crippen LogP contribution >= 0.6 is 0 Å². The van der Waals surface area contributed by atoms with Crippen LogP contribution in [0.1, 0.15) is 51.9 Å². The second-order valence-corrected chi connectivity index (χ2v) is 8.82. The highest BCUT2D eigenvalue weighted by Gasteiger charge is 2.28. The lowest BCUT2D eigenvalue weighted by Gasteiger charge is -2.37. The zero-order valence-corrected chi connectivity index (χ0v) is 15.9. The van der Waals surface area contributed by atoms with Crippen LogP contribution in [0.2, 0.25) is 0 Å². The van der Waals surface area contributed by atoms with Gasteiger partial charge in [0.15, 0.2) is 0 Å². The van der Waals surface area contributed by atoms with Gasteiger partial charge >= 0.3 is 0 Å². The minimum atomic E-state index is -0.357. The number of aromatic nitrogens is 2. The second-order valence-electron chi connectivity index (χ2n) is 8.82. The number of amides is 1. The van der Waals surface area contributed by atoms with Crippen molar-refractivity contribution >= 4 is 5.91 Å². The molecule has 0 aliphatic carbocycles. The molecule has 1 saturated heterocycles. The van der Waals surface area contributed by atoms with Gasteiger partial charge < -0.3 is 10.0 Å². The molecule has 1 aliphatic rings. The third kappa shape index (κ3) is 4.57. The number of carbonyl (C=O) groups is 1. The highest BCUT2D eigenvalue weighted by atomic mass is 16.3. The lowest BCUT2D eigenvalue weighted by molar-refractivity contribution is 0.0137. The molecule has 1 fully saturated rings. The number of β-amino-alcohol motifs (C(OH)–C–C–N with tert-alkyl or cyclic N) is 1. The molecule has 24 heavy (non-hydrogen) atoms. The third-order valence-electron chi connectivity index (χ3n) is 4.61. The number of aliphatic hydroxyl groups excluding tert-OH is 1. The first-order chi connectivity index (χ1) is 11.0. The predicted molar refractivity (Wildman–Crippen MR) is 95.0 cm³/mol. The van der Waals surface area contributed by atoms with Crippen molar-refractivity contribution in [1.29, 1.82) is 0 Å². The highest BCUT2D eigenvalue weighted by molar-refractivity contribution is 5.93. The van der Waals surface area contributed by atoms with Crippen molar-refractivity contribution in [3.05, 3.63) is 18.0 Å². The topological polar surface area (TPSA) is 61.6 Å². The van der Waals surface area contributed by atoms with Crippen molar-refractivity contribution in [2.24, 2.45) is 5.41 Å². The average Bonchev–Trinajstić information content (AvgIpc) is 2.96. The summed E-state index contributed by atoms with van der Waals surface area (Å²) < 4.78 is 1.83. The van der Waals surface area contributed by atoms with Gasteiger partial charge in [0, 0.05) is 38.9 Å². The number of carbonyl (C=O) groups excluding carboxylic acids is 1. The van der Waals surface area contributed by atoms with Gasteiger partial charge in [-0.25, -0.2) is 0 Å². The fourth-order valence-electron chi connectivity index (χ4n) is 2.63. The van der Waals surface area contributed by atoms with Crippen LogP contribution in [0.3, 0.4) is 0 Å². The normalized spacial score (nSPS) is 18.7. The molecule has 6 heteroatoms. The summed E-state index contributed by atoms with van der Waals surface area (Å²) in [7, 11) is 0. The van der Waals surface area contributed by atoms with Gasteiger partial charge in [0.05, 0.1) is 23.4 Å². The molecule has 2 rings (SSSR count). The molecule has 1 aliphatic heterocycles. The van der Waals surface area contributed by atoms with E-state index in [1.165, 1.54) is 0 Å². The first-order valence-corrected chi connectivity index (χ1v) is 8.73. The van der Waals surface area contributed by atoms with Crippen LogP contribution in [0.25, 0.3) is 0 Å². The van der Waals surface area contributed by atoms with E-state index < -0.39 is 0 Å². The summed E-state index contributed by atoms with van der Waals surface area (Å²) in [5, 5.41) is 14.5. The molecule has 6 nitrogen and oxygen atoms in total. The Morgan fingerprint density at radius 1 is 1.17 bits per heavy atom. The zero-order valence-electron chi connectivity index (χ0n) is 15.9. The highest BCUT2D eigenvalue weighted by Crippen LogP contribution is 2.21. The van der Waals surface area contributed by atoms with Gasteiger partial charge in [0.25, 0.3) is 5.91 Å². The minimum absolute atomic E-state index is 0.0431. The van der Waals surface area contributed by atoms with Gasteiger partial charge in [-0.05, 0) is 26.2 Å². The molecule has 1 amide bonds. The monoisotopic (exact) mass is 336 g/mol. The Morgan fingerprint density at radius 3 is 2.21 bits per heavy atom. The standard InChI is InChI=1S/C18H32N4O2/c1-17(2,3)15(23)13-20-7-9-21(10-8-20)16(24)14-11-19-22(12-14)18(4,5)6/h11-12,15,23H,7-10,13H2,1-6H3/t15-/m0/s1. The Hall–Kier alpha value is -1.40. The summed E-state index contributed by atoms with van der Waals surface area (Å²) in [4.78, 5) is 16.7. The van der Waals surface area contributed by atoms with E-state index in [1.807, 2.05) is 36.5 Å². The molecule has 1 aromatic heterocycles. The summed E-state index contributed by atoms with van der Waals surface area (Å²) in [6.07, 6.45) is 3.13. The third-order valence-corrected chi connectivity index (χ3v) is 4.61. The number of piperazine rings is 1. The Labute approximate surface area is 145 Å². The van der Waals surface area contributed by atoms with E-state index in [0.717, 1.165) is 13.1 Å². The van der Waals surface area contributed by atoms with Gasteiger partial charge in [-0.1, -0.05) is 20.8 Å². The van der Waals surface area contributed by atoms with Crippen molar-refractivity contribution < 1.29 is 9.90 Å². The largest absolute Gasteiger partial charge is 0.391 e. The summed E-state index contributed by atoms with van der Waals surface area (Å²) in [5.41, 5.74) is 0.405. The molecular weight excluding hydrogens is 304 g/mol. The first-order valence-electron chi connectivity index (χ1n) is 8.73. The maximum atomic E-state index is 12.6.